The average Bonchev–Trinajstić information content (AvgIpc) is 2.88. The number of amides is 2. The molecule has 0 saturated carbocycles. The Hall–Kier alpha value is -3.20. The molecule has 132 valence electrons. The third kappa shape index (κ3) is 3.66. The lowest BCUT2D eigenvalue weighted by Crippen LogP contribution is -2.34. The summed E-state index contributed by atoms with van der Waals surface area (Å²) in [6, 6.07) is 4.02. The third-order valence-electron chi connectivity index (χ3n) is 3.45. The van der Waals surface area contributed by atoms with Gasteiger partial charge in [-0.05, 0) is 18.2 Å². The number of benzene rings is 1. The van der Waals surface area contributed by atoms with Crippen LogP contribution in [0.3, 0.4) is 0 Å². The summed E-state index contributed by atoms with van der Waals surface area (Å²) in [4.78, 5) is 48.4. The molecule has 25 heavy (non-hydrogen) atoms. The van der Waals surface area contributed by atoms with Crippen LogP contribution in [-0.2, 0) is 19.1 Å². The van der Waals surface area contributed by atoms with E-state index in [1.165, 1.54) is 32.4 Å². The highest BCUT2D eigenvalue weighted by Crippen LogP contribution is 2.23. The van der Waals surface area contributed by atoms with Crippen LogP contribution in [0, 0.1) is 0 Å². The van der Waals surface area contributed by atoms with Crippen molar-refractivity contribution in [3.63, 3.8) is 0 Å². The summed E-state index contributed by atoms with van der Waals surface area (Å²) in [6.07, 6.45) is 1.05. The number of carbonyl (C=O) groups is 4. The van der Waals surface area contributed by atoms with Gasteiger partial charge in [0.1, 0.15) is 5.70 Å². The summed E-state index contributed by atoms with van der Waals surface area (Å²) >= 11 is 0. The van der Waals surface area contributed by atoms with Crippen molar-refractivity contribution < 1.29 is 33.8 Å². The zero-order chi connectivity index (χ0) is 18.6. The first-order valence-electron chi connectivity index (χ1n) is 7.19. The summed E-state index contributed by atoms with van der Waals surface area (Å²) in [6.45, 7) is -0.519. The Bertz CT molecular complexity index is 770. The first-order chi connectivity index (χ1) is 11.9. The Balaban J connectivity index is 2.38. The number of rotatable bonds is 6. The molecule has 0 saturated heterocycles. The number of esters is 2. The lowest BCUT2D eigenvalue weighted by Gasteiger charge is -2.15. The highest BCUT2D eigenvalue weighted by Gasteiger charge is 2.31. The molecule has 0 aromatic heterocycles. The van der Waals surface area contributed by atoms with Gasteiger partial charge in [-0.15, -0.1) is 0 Å². The number of aliphatic hydroxyl groups excluding tert-OH is 1. The number of imide groups is 1. The van der Waals surface area contributed by atoms with Crippen molar-refractivity contribution in [2.24, 2.45) is 0 Å². The van der Waals surface area contributed by atoms with Gasteiger partial charge in [-0.1, -0.05) is 0 Å². The van der Waals surface area contributed by atoms with Gasteiger partial charge in [-0.3, -0.25) is 14.5 Å². The molecule has 0 unspecified atom stereocenters. The van der Waals surface area contributed by atoms with Crippen molar-refractivity contribution in [2.45, 2.75) is 0 Å². The predicted octanol–water partition coefficient (Wildman–Crippen LogP) is -0.0833. The van der Waals surface area contributed by atoms with E-state index in [1.807, 2.05) is 0 Å². The lowest BCUT2D eigenvalue weighted by molar-refractivity contribution is -0.137. The van der Waals surface area contributed by atoms with E-state index in [0.29, 0.717) is 0 Å². The quantitative estimate of drug-likeness (QED) is 0.540. The Morgan fingerprint density at radius 3 is 2.44 bits per heavy atom. The van der Waals surface area contributed by atoms with Gasteiger partial charge in [-0.2, -0.15) is 0 Å². The second kappa shape index (κ2) is 7.58. The van der Waals surface area contributed by atoms with E-state index in [2.05, 4.69) is 14.8 Å². The molecule has 0 bridgehead atoms. The molecular weight excluding hydrogens is 332 g/mol. The zero-order valence-electron chi connectivity index (χ0n) is 13.6. The number of carbonyl (C=O) groups excluding carboxylic acids is 4. The van der Waals surface area contributed by atoms with Crippen LogP contribution in [0.15, 0.2) is 30.0 Å². The van der Waals surface area contributed by atoms with Crippen molar-refractivity contribution in [3.8, 4) is 0 Å². The van der Waals surface area contributed by atoms with Gasteiger partial charge in [0.25, 0.3) is 11.8 Å². The summed E-state index contributed by atoms with van der Waals surface area (Å²) in [7, 11) is 2.39. The number of nitrogens with one attached hydrogen (secondary N) is 1. The van der Waals surface area contributed by atoms with Crippen LogP contribution in [0.5, 0.6) is 0 Å². The molecule has 2 rings (SSSR count). The summed E-state index contributed by atoms with van der Waals surface area (Å²) < 4.78 is 9.29. The van der Waals surface area contributed by atoms with Crippen LogP contribution in [0.25, 0.3) is 0 Å². The van der Waals surface area contributed by atoms with Crippen LogP contribution in [-0.4, -0.2) is 61.1 Å². The molecule has 9 heteroatoms. The van der Waals surface area contributed by atoms with E-state index >= 15 is 0 Å². The predicted molar refractivity (Wildman–Crippen MR) is 84.6 cm³/mol. The minimum Gasteiger partial charge on any atom is -0.465 e. The Kier molecular flexibility index (Phi) is 5.50. The summed E-state index contributed by atoms with van der Waals surface area (Å²) in [5.74, 6) is -2.57. The van der Waals surface area contributed by atoms with Crippen molar-refractivity contribution in [3.05, 3.63) is 41.1 Å². The van der Waals surface area contributed by atoms with E-state index in [1.54, 1.807) is 0 Å². The first kappa shape index (κ1) is 18.1. The molecule has 0 radical (unpaired) electrons. The second-order valence-electron chi connectivity index (χ2n) is 4.95. The molecule has 0 atom stereocenters. The molecule has 1 aromatic carbocycles. The molecule has 9 nitrogen and oxygen atoms in total. The number of anilines is 1. The molecule has 1 heterocycles. The van der Waals surface area contributed by atoms with E-state index in [0.717, 1.165) is 11.0 Å². The van der Waals surface area contributed by atoms with Crippen LogP contribution < -0.4 is 5.32 Å². The van der Waals surface area contributed by atoms with Crippen molar-refractivity contribution in [2.75, 3.05) is 32.7 Å². The van der Waals surface area contributed by atoms with E-state index < -0.39 is 23.8 Å². The number of hydrogen-bond acceptors (Lipinski definition) is 8. The minimum atomic E-state index is -0.691. The molecule has 2 N–H and O–H groups in total. The van der Waals surface area contributed by atoms with Gasteiger partial charge in [-0.25, -0.2) is 9.59 Å². The smallest absolute Gasteiger partial charge is 0.339 e. The summed E-state index contributed by atoms with van der Waals surface area (Å²) in [5.41, 5.74) is 0.220. The monoisotopic (exact) mass is 348 g/mol. The normalized spacial score (nSPS) is 13.6. The highest BCUT2D eigenvalue weighted by atomic mass is 16.5. The van der Waals surface area contributed by atoms with E-state index in [4.69, 9.17) is 5.11 Å². The van der Waals surface area contributed by atoms with Crippen LogP contribution in [0.2, 0.25) is 0 Å². The van der Waals surface area contributed by atoms with Gasteiger partial charge in [0, 0.05) is 6.08 Å². The Labute approximate surface area is 142 Å². The Morgan fingerprint density at radius 1 is 1.16 bits per heavy atom. The fourth-order valence-corrected chi connectivity index (χ4v) is 2.24. The first-order valence-corrected chi connectivity index (χ1v) is 7.19. The van der Waals surface area contributed by atoms with Crippen LogP contribution in [0.1, 0.15) is 20.7 Å². The van der Waals surface area contributed by atoms with E-state index in [9.17, 15) is 19.2 Å². The molecule has 0 aliphatic carbocycles. The van der Waals surface area contributed by atoms with Gasteiger partial charge in [0.2, 0.25) is 0 Å². The van der Waals surface area contributed by atoms with Crippen LogP contribution >= 0.6 is 0 Å². The van der Waals surface area contributed by atoms with E-state index in [-0.39, 0.29) is 35.7 Å². The third-order valence-corrected chi connectivity index (χ3v) is 3.45. The number of nitrogens with zero attached hydrogens (tertiary/aromatic N) is 1. The number of ether oxygens (including phenoxy) is 2. The highest BCUT2D eigenvalue weighted by molar-refractivity contribution is 6.18. The molecule has 0 fully saturated rings. The molecule has 1 aliphatic rings. The minimum absolute atomic E-state index is 0.0666. The lowest BCUT2D eigenvalue weighted by atomic mass is 10.1. The van der Waals surface area contributed by atoms with Crippen molar-refractivity contribution in [1.29, 1.82) is 0 Å². The maximum absolute atomic E-state index is 12.2. The number of β-amino-alcohol motifs (C(OH)–C–C–N with tert-alkyl or cyclic N) is 1. The maximum atomic E-state index is 12.2. The fourth-order valence-electron chi connectivity index (χ4n) is 2.24. The molecular formula is C16H16N2O7. The molecule has 2 amide bonds. The second-order valence-corrected chi connectivity index (χ2v) is 4.95. The van der Waals surface area contributed by atoms with Gasteiger partial charge >= 0.3 is 11.9 Å². The Morgan fingerprint density at radius 2 is 1.84 bits per heavy atom. The largest absolute Gasteiger partial charge is 0.465 e. The number of hydrogen-bond donors (Lipinski definition) is 2. The number of aliphatic hydroxyl groups is 1. The van der Waals surface area contributed by atoms with Crippen molar-refractivity contribution in [1.82, 2.24) is 4.90 Å². The van der Waals surface area contributed by atoms with Gasteiger partial charge < -0.3 is 19.9 Å². The fraction of sp³-hybridized carbons (Fsp3) is 0.250. The molecule has 0 spiro atoms. The maximum Gasteiger partial charge on any atom is 0.339 e. The molecule has 1 aromatic rings. The van der Waals surface area contributed by atoms with Gasteiger partial charge in [0.15, 0.2) is 0 Å². The van der Waals surface area contributed by atoms with Crippen LogP contribution in [0.4, 0.5) is 5.69 Å². The summed E-state index contributed by atoms with van der Waals surface area (Å²) in [5, 5.41) is 11.6. The SMILES string of the molecule is COC(=O)c1ccc(C(=O)OC)c(NC2=CC(=O)N(CCO)C2=O)c1. The molecule has 1 aliphatic heterocycles. The average molecular weight is 348 g/mol. The standard InChI is InChI=1S/C16H16N2O7/c1-24-15(22)9-3-4-10(16(23)25-2)11(7-9)17-12-8-13(20)18(5-6-19)14(12)21/h3-4,7-8,17,19H,5-6H2,1-2H3. The zero-order valence-corrected chi connectivity index (χ0v) is 13.6. The van der Waals surface area contributed by atoms with Gasteiger partial charge in [0.05, 0.1) is 44.2 Å². The number of methoxy groups -OCH3 is 2. The van der Waals surface area contributed by atoms with Crippen molar-refractivity contribution >= 4 is 29.4 Å². The topological polar surface area (TPSA) is 122 Å².